The van der Waals surface area contributed by atoms with Crippen LogP contribution in [0.2, 0.25) is 0 Å². The summed E-state index contributed by atoms with van der Waals surface area (Å²) < 4.78 is 2.30. The van der Waals surface area contributed by atoms with E-state index >= 15 is 0 Å². The normalized spacial score (nSPS) is 11.1. The van der Waals surface area contributed by atoms with Gasteiger partial charge in [0.05, 0.1) is 0 Å². The molecule has 80 valence electrons. The standard InChI is InChI=1S/C13H17NO/c1-3-14-10(2)8-12-9-11(6-7-15)4-5-13(12)14/h4-5,8-9,15H,3,6-7H2,1-2H3. The lowest BCUT2D eigenvalue weighted by Crippen LogP contribution is -1.96. The van der Waals surface area contributed by atoms with Crippen LogP contribution in [-0.4, -0.2) is 16.3 Å². The smallest absolute Gasteiger partial charge is 0.0482 e. The fourth-order valence-corrected chi connectivity index (χ4v) is 2.16. The fourth-order valence-electron chi connectivity index (χ4n) is 2.16. The molecule has 0 aliphatic heterocycles. The monoisotopic (exact) mass is 203 g/mol. The van der Waals surface area contributed by atoms with Crippen molar-refractivity contribution in [1.82, 2.24) is 4.57 Å². The molecule has 1 aromatic heterocycles. The molecule has 0 unspecified atom stereocenters. The largest absolute Gasteiger partial charge is 0.396 e. The van der Waals surface area contributed by atoms with Crippen molar-refractivity contribution < 1.29 is 5.11 Å². The number of aliphatic hydroxyl groups is 1. The van der Waals surface area contributed by atoms with Crippen LogP contribution < -0.4 is 0 Å². The zero-order valence-electron chi connectivity index (χ0n) is 9.33. The Kier molecular flexibility index (Phi) is 2.78. The summed E-state index contributed by atoms with van der Waals surface area (Å²) in [5.74, 6) is 0. The average molecular weight is 203 g/mol. The van der Waals surface area contributed by atoms with Gasteiger partial charge in [0.25, 0.3) is 0 Å². The minimum absolute atomic E-state index is 0.221. The molecule has 0 aliphatic rings. The number of benzene rings is 1. The highest BCUT2D eigenvalue weighted by Crippen LogP contribution is 2.21. The van der Waals surface area contributed by atoms with E-state index in [0.717, 1.165) is 13.0 Å². The molecule has 1 heterocycles. The fraction of sp³-hybridized carbons (Fsp3) is 0.385. The summed E-state index contributed by atoms with van der Waals surface area (Å²) in [6, 6.07) is 8.63. The molecule has 1 N–H and O–H groups in total. The highest BCUT2D eigenvalue weighted by atomic mass is 16.2. The summed E-state index contributed by atoms with van der Waals surface area (Å²) in [4.78, 5) is 0. The maximum atomic E-state index is 8.89. The Balaban J connectivity index is 2.54. The molecular formula is C13H17NO. The molecule has 0 atom stereocenters. The third kappa shape index (κ3) is 1.77. The highest BCUT2D eigenvalue weighted by Gasteiger charge is 2.04. The molecule has 2 aromatic rings. The van der Waals surface area contributed by atoms with E-state index in [2.05, 4.69) is 42.7 Å². The second-order valence-electron chi connectivity index (χ2n) is 3.90. The number of rotatable bonds is 3. The minimum Gasteiger partial charge on any atom is -0.396 e. The summed E-state index contributed by atoms with van der Waals surface area (Å²) >= 11 is 0. The molecule has 0 saturated heterocycles. The van der Waals surface area contributed by atoms with Gasteiger partial charge in [-0.2, -0.15) is 0 Å². The van der Waals surface area contributed by atoms with Crippen LogP contribution >= 0.6 is 0 Å². The van der Waals surface area contributed by atoms with Gasteiger partial charge in [-0.25, -0.2) is 0 Å². The first-order valence-electron chi connectivity index (χ1n) is 5.46. The molecule has 2 heteroatoms. The van der Waals surface area contributed by atoms with Crippen LogP contribution in [0.5, 0.6) is 0 Å². The van der Waals surface area contributed by atoms with E-state index in [9.17, 15) is 0 Å². The molecule has 15 heavy (non-hydrogen) atoms. The summed E-state index contributed by atoms with van der Waals surface area (Å²) in [6.07, 6.45) is 0.742. The van der Waals surface area contributed by atoms with Crippen LogP contribution in [0.1, 0.15) is 18.2 Å². The van der Waals surface area contributed by atoms with E-state index in [1.165, 1.54) is 22.2 Å². The predicted molar refractivity (Wildman–Crippen MR) is 63.1 cm³/mol. The van der Waals surface area contributed by atoms with Crippen LogP contribution in [0, 0.1) is 6.92 Å². The first kappa shape index (κ1) is 10.2. The second kappa shape index (κ2) is 4.07. The van der Waals surface area contributed by atoms with Gasteiger partial charge in [-0.05, 0) is 44.0 Å². The van der Waals surface area contributed by atoms with E-state index in [-0.39, 0.29) is 6.61 Å². The van der Waals surface area contributed by atoms with Gasteiger partial charge in [0.2, 0.25) is 0 Å². The Bertz CT molecular complexity index is 471. The Morgan fingerprint density at radius 1 is 1.27 bits per heavy atom. The number of fused-ring (bicyclic) bond motifs is 1. The molecule has 0 radical (unpaired) electrons. The number of hydrogen-bond acceptors (Lipinski definition) is 1. The topological polar surface area (TPSA) is 25.2 Å². The minimum atomic E-state index is 0.221. The van der Waals surface area contributed by atoms with Gasteiger partial charge < -0.3 is 9.67 Å². The van der Waals surface area contributed by atoms with Gasteiger partial charge >= 0.3 is 0 Å². The Hall–Kier alpha value is -1.28. The van der Waals surface area contributed by atoms with Gasteiger partial charge in [0.15, 0.2) is 0 Å². The quantitative estimate of drug-likeness (QED) is 0.814. The first-order chi connectivity index (χ1) is 7.26. The molecule has 1 aromatic carbocycles. The molecule has 0 fully saturated rings. The number of aryl methyl sites for hydroxylation is 2. The van der Waals surface area contributed by atoms with Crippen molar-refractivity contribution in [1.29, 1.82) is 0 Å². The molecule has 2 rings (SSSR count). The van der Waals surface area contributed by atoms with Crippen molar-refractivity contribution in [2.75, 3.05) is 6.61 Å². The maximum absolute atomic E-state index is 8.89. The van der Waals surface area contributed by atoms with Crippen LogP contribution in [0.4, 0.5) is 0 Å². The van der Waals surface area contributed by atoms with E-state index in [1.807, 2.05) is 0 Å². The SMILES string of the molecule is CCn1c(C)cc2cc(CCO)ccc21. The maximum Gasteiger partial charge on any atom is 0.0482 e. The van der Waals surface area contributed by atoms with Gasteiger partial charge in [-0.3, -0.25) is 0 Å². The Morgan fingerprint density at radius 2 is 2.07 bits per heavy atom. The van der Waals surface area contributed by atoms with Crippen molar-refractivity contribution >= 4 is 10.9 Å². The zero-order valence-corrected chi connectivity index (χ0v) is 9.33. The summed E-state index contributed by atoms with van der Waals surface area (Å²) in [5.41, 5.74) is 3.79. The number of nitrogens with zero attached hydrogens (tertiary/aromatic N) is 1. The molecule has 0 saturated carbocycles. The molecular weight excluding hydrogens is 186 g/mol. The van der Waals surface area contributed by atoms with Crippen molar-refractivity contribution in [2.45, 2.75) is 26.8 Å². The molecule has 0 bridgehead atoms. The van der Waals surface area contributed by atoms with Crippen molar-refractivity contribution in [3.05, 3.63) is 35.5 Å². The summed E-state index contributed by atoms with van der Waals surface area (Å²) in [6.45, 7) is 5.52. The number of aromatic nitrogens is 1. The van der Waals surface area contributed by atoms with Crippen LogP contribution in [0.15, 0.2) is 24.3 Å². The van der Waals surface area contributed by atoms with Gasteiger partial charge in [0.1, 0.15) is 0 Å². The Morgan fingerprint density at radius 3 is 2.73 bits per heavy atom. The lowest BCUT2D eigenvalue weighted by atomic mass is 10.1. The van der Waals surface area contributed by atoms with E-state index in [1.54, 1.807) is 0 Å². The second-order valence-corrected chi connectivity index (χ2v) is 3.90. The van der Waals surface area contributed by atoms with Gasteiger partial charge in [-0.1, -0.05) is 6.07 Å². The van der Waals surface area contributed by atoms with E-state index in [4.69, 9.17) is 5.11 Å². The van der Waals surface area contributed by atoms with Gasteiger partial charge in [-0.15, -0.1) is 0 Å². The third-order valence-corrected chi connectivity index (χ3v) is 2.89. The predicted octanol–water partition coefficient (Wildman–Crippen LogP) is 2.50. The van der Waals surface area contributed by atoms with Crippen LogP contribution in [-0.2, 0) is 13.0 Å². The lowest BCUT2D eigenvalue weighted by molar-refractivity contribution is 0.299. The molecule has 0 amide bonds. The highest BCUT2D eigenvalue weighted by molar-refractivity contribution is 5.82. The lowest BCUT2D eigenvalue weighted by Gasteiger charge is -2.04. The molecule has 2 nitrogen and oxygen atoms in total. The summed E-state index contributed by atoms with van der Waals surface area (Å²) in [5, 5.41) is 10.2. The Labute approximate surface area is 90.2 Å². The van der Waals surface area contributed by atoms with E-state index in [0.29, 0.717) is 0 Å². The first-order valence-corrected chi connectivity index (χ1v) is 5.46. The molecule has 0 spiro atoms. The van der Waals surface area contributed by atoms with Crippen molar-refractivity contribution in [3.8, 4) is 0 Å². The third-order valence-electron chi connectivity index (χ3n) is 2.89. The van der Waals surface area contributed by atoms with Crippen molar-refractivity contribution in [2.24, 2.45) is 0 Å². The van der Waals surface area contributed by atoms with Crippen LogP contribution in [0.3, 0.4) is 0 Å². The van der Waals surface area contributed by atoms with Crippen molar-refractivity contribution in [3.63, 3.8) is 0 Å². The number of aliphatic hydroxyl groups excluding tert-OH is 1. The van der Waals surface area contributed by atoms with Gasteiger partial charge in [0, 0.05) is 29.7 Å². The number of hydrogen-bond donors (Lipinski definition) is 1. The molecule has 0 aliphatic carbocycles. The average Bonchev–Trinajstić information content (AvgIpc) is 2.53. The van der Waals surface area contributed by atoms with E-state index < -0.39 is 0 Å². The summed E-state index contributed by atoms with van der Waals surface area (Å²) in [7, 11) is 0. The van der Waals surface area contributed by atoms with Crippen LogP contribution in [0.25, 0.3) is 10.9 Å². The zero-order chi connectivity index (χ0) is 10.8.